The van der Waals surface area contributed by atoms with E-state index in [2.05, 4.69) is 18.3 Å². The summed E-state index contributed by atoms with van der Waals surface area (Å²) < 4.78 is 0. The number of para-hydroxylation sites is 1. The van der Waals surface area contributed by atoms with Crippen molar-refractivity contribution in [2.24, 2.45) is 5.92 Å². The fourth-order valence-electron chi connectivity index (χ4n) is 3.18. The Labute approximate surface area is 159 Å². The summed E-state index contributed by atoms with van der Waals surface area (Å²) in [6, 6.07) is 12.0. The van der Waals surface area contributed by atoms with Gasteiger partial charge >= 0.3 is 0 Å². The first-order valence-corrected chi connectivity index (χ1v) is 9.96. The van der Waals surface area contributed by atoms with Gasteiger partial charge in [-0.05, 0) is 55.4 Å². The monoisotopic (exact) mass is 365 g/mol. The lowest BCUT2D eigenvalue weighted by molar-refractivity contribution is -0.115. The normalized spacial score (nSPS) is 15.8. The van der Waals surface area contributed by atoms with E-state index < -0.39 is 0 Å². The Balaban J connectivity index is 1.60. The highest BCUT2D eigenvalue weighted by molar-refractivity contribution is 7.99. The van der Waals surface area contributed by atoms with E-state index in [4.69, 9.17) is 4.98 Å². The summed E-state index contributed by atoms with van der Waals surface area (Å²) in [6.45, 7) is 4.21. The minimum Gasteiger partial charge on any atom is -0.326 e. The molecule has 1 amide bonds. The van der Waals surface area contributed by atoms with Crippen LogP contribution in [0, 0.1) is 24.2 Å². The molecule has 1 aliphatic carbocycles. The van der Waals surface area contributed by atoms with Crippen molar-refractivity contribution in [1.82, 2.24) is 4.98 Å². The number of nitriles is 1. The lowest BCUT2D eigenvalue weighted by Crippen LogP contribution is -2.14. The third kappa shape index (κ3) is 4.44. The Morgan fingerprint density at radius 3 is 3.00 bits per heavy atom. The molecule has 0 radical (unpaired) electrons. The maximum absolute atomic E-state index is 12.2. The largest absolute Gasteiger partial charge is 0.326 e. The molecule has 0 aliphatic heterocycles. The van der Waals surface area contributed by atoms with Crippen LogP contribution in [0.5, 0.6) is 0 Å². The van der Waals surface area contributed by atoms with Crippen LogP contribution in [0.3, 0.4) is 0 Å². The number of nitrogens with zero attached hydrogens (tertiary/aromatic N) is 2. The first-order chi connectivity index (χ1) is 12.6. The topological polar surface area (TPSA) is 65.8 Å². The molecule has 2 aromatic rings. The Kier molecular flexibility index (Phi) is 5.95. The van der Waals surface area contributed by atoms with Gasteiger partial charge in [0, 0.05) is 23.6 Å². The Morgan fingerprint density at radius 1 is 1.42 bits per heavy atom. The molecule has 1 atom stereocenters. The molecule has 0 spiro atoms. The van der Waals surface area contributed by atoms with Gasteiger partial charge in [0.25, 0.3) is 0 Å². The van der Waals surface area contributed by atoms with Gasteiger partial charge in [-0.25, -0.2) is 4.98 Å². The molecule has 5 heteroatoms. The number of benzene rings is 1. The summed E-state index contributed by atoms with van der Waals surface area (Å²) in [4.78, 5) is 16.9. The molecule has 26 heavy (non-hydrogen) atoms. The van der Waals surface area contributed by atoms with Crippen LogP contribution in [-0.2, 0) is 17.6 Å². The second-order valence-electron chi connectivity index (χ2n) is 6.87. The Hall–Kier alpha value is -2.32. The minimum atomic E-state index is -0.0166. The molecule has 134 valence electrons. The number of aromatic nitrogens is 1. The van der Waals surface area contributed by atoms with Gasteiger partial charge in [0.05, 0.1) is 5.56 Å². The van der Waals surface area contributed by atoms with Gasteiger partial charge in [-0.15, -0.1) is 11.8 Å². The first-order valence-electron chi connectivity index (χ1n) is 8.98. The number of amides is 1. The molecule has 1 aromatic heterocycles. The van der Waals surface area contributed by atoms with Crippen molar-refractivity contribution in [1.29, 1.82) is 5.26 Å². The smallest absolute Gasteiger partial charge is 0.225 e. The molecule has 3 rings (SSSR count). The van der Waals surface area contributed by atoms with E-state index in [1.165, 1.54) is 17.3 Å². The van der Waals surface area contributed by atoms with E-state index in [9.17, 15) is 10.1 Å². The number of hydrogen-bond donors (Lipinski definition) is 1. The minimum absolute atomic E-state index is 0.0166. The fourth-order valence-corrected chi connectivity index (χ4v) is 4.10. The number of carbonyl (C=O) groups excluding carboxylic acids is 1. The van der Waals surface area contributed by atoms with Crippen molar-refractivity contribution in [3.63, 3.8) is 0 Å². The molecule has 4 nitrogen and oxygen atoms in total. The number of aryl methyl sites for hydroxylation is 2. The first kappa shape index (κ1) is 18.5. The van der Waals surface area contributed by atoms with E-state index >= 15 is 0 Å². The SMILES string of the molecule is Cc1ccccc1NC(=O)CCSc1nc2c(cc1C#N)CC(C)CC2. The number of fused-ring (bicyclic) bond motifs is 1. The molecule has 1 N–H and O–H groups in total. The quantitative estimate of drug-likeness (QED) is 0.792. The van der Waals surface area contributed by atoms with Crippen LogP contribution in [-0.4, -0.2) is 16.6 Å². The molecular weight excluding hydrogens is 342 g/mol. The van der Waals surface area contributed by atoms with Crippen molar-refractivity contribution < 1.29 is 4.79 Å². The van der Waals surface area contributed by atoms with E-state index in [1.54, 1.807) is 0 Å². The van der Waals surface area contributed by atoms with Gasteiger partial charge in [-0.1, -0.05) is 25.1 Å². The van der Waals surface area contributed by atoms with Gasteiger partial charge in [0.15, 0.2) is 0 Å². The zero-order valence-electron chi connectivity index (χ0n) is 15.2. The van der Waals surface area contributed by atoms with Crippen LogP contribution in [0.2, 0.25) is 0 Å². The zero-order chi connectivity index (χ0) is 18.5. The van der Waals surface area contributed by atoms with Gasteiger partial charge in [0.2, 0.25) is 5.91 Å². The standard InChI is InChI=1S/C21H23N3OS/c1-14-7-8-19-16(11-14)12-17(13-22)21(24-19)26-10-9-20(25)23-18-6-4-3-5-15(18)2/h3-6,12,14H,7-11H2,1-2H3,(H,23,25). The molecule has 1 aromatic carbocycles. The van der Waals surface area contributed by atoms with Crippen molar-refractivity contribution in [2.75, 3.05) is 11.1 Å². The Morgan fingerprint density at radius 2 is 2.23 bits per heavy atom. The highest BCUT2D eigenvalue weighted by Crippen LogP contribution is 2.29. The number of anilines is 1. The van der Waals surface area contributed by atoms with Crippen molar-refractivity contribution >= 4 is 23.4 Å². The van der Waals surface area contributed by atoms with Crippen molar-refractivity contribution in [3.8, 4) is 6.07 Å². The second kappa shape index (κ2) is 8.37. The lowest BCUT2D eigenvalue weighted by Gasteiger charge is -2.21. The number of rotatable bonds is 5. The van der Waals surface area contributed by atoms with E-state index in [0.29, 0.717) is 23.7 Å². The zero-order valence-corrected chi connectivity index (χ0v) is 16.0. The average molecular weight is 366 g/mol. The predicted octanol–water partition coefficient (Wildman–Crippen LogP) is 4.51. The third-order valence-corrected chi connectivity index (χ3v) is 5.70. The van der Waals surface area contributed by atoms with E-state index in [0.717, 1.165) is 41.2 Å². The summed E-state index contributed by atoms with van der Waals surface area (Å²) in [5, 5.41) is 13.1. The predicted molar refractivity (Wildman–Crippen MR) is 105 cm³/mol. The number of thioether (sulfide) groups is 1. The van der Waals surface area contributed by atoms with Crippen LogP contribution >= 0.6 is 11.8 Å². The van der Waals surface area contributed by atoms with Gasteiger partial charge in [-0.2, -0.15) is 5.26 Å². The average Bonchev–Trinajstić information content (AvgIpc) is 2.63. The van der Waals surface area contributed by atoms with E-state index in [1.807, 2.05) is 37.3 Å². The van der Waals surface area contributed by atoms with Gasteiger partial charge < -0.3 is 5.32 Å². The van der Waals surface area contributed by atoms with Crippen LogP contribution < -0.4 is 5.32 Å². The molecule has 0 bridgehead atoms. The van der Waals surface area contributed by atoms with Crippen molar-refractivity contribution in [3.05, 3.63) is 52.7 Å². The third-order valence-electron chi connectivity index (χ3n) is 4.71. The van der Waals surface area contributed by atoms with Crippen LogP contribution in [0.1, 0.15) is 42.1 Å². The maximum atomic E-state index is 12.2. The number of nitrogens with one attached hydrogen (secondary N) is 1. The van der Waals surface area contributed by atoms with Gasteiger partial charge in [-0.3, -0.25) is 4.79 Å². The van der Waals surface area contributed by atoms with Crippen molar-refractivity contribution in [2.45, 2.75) is 44.6 Å². The van der Waals surface area contributed by atoms with Crippen LogP contribution in [0.4, 0.5) is 5.69 Å². The van der Waals surface area contributed by atoms with Crippen LogP contribution in [0.15, 0.2) is 35.4 Å². The number of pyridine rings is 1. The molecular formula is C21H23N3OS. The number of hydrogen-bond acceptors (Lipinski definition) is 4. The van der Waals surface area contributed by atoms with Crippen LogP contribution in [0.25, 0.3) is 0 Å². The summed E-state index contributed by atoms with van der Waals surface area (Å²) in [6.07, 6.45) is 3.51. The highest BCUT2D eigenvalue weighted by atomic mass is 32.2. The molecule has 0 fully saturated rings. The summed E-state index contributed by atoms with van der Waals surface area (Å²) in [7, 11) is 0. The van der Waals surface area contributed by atoms with Gasteiger partial charge in [0.1, 0.15) is 11.1 Å². The fraction of sp³-hybridized carbons (Fsp3) is 0.381. The molecule has 0 saturated heterocycles. The Bertz CT molecular complexity index is 857. The lowest BCUT2D eigenvalue weighted by atomic mass is 9.87. The summed E-state index contributed by atoms with van der Waals surface area (Å²) in [5.41, 5.74) is 4.85. The number of carbonyl (C=O) groups is 1. The maximum Gasteiger partial charge on any atom is 0.225 e. The molecule has 1 aliphatic rings. The second-order valence-corrected chi connectivity index (χ2v) is 7.95. The highest BCUT2D eigenvalue weighted by Gasteiger charge is 2.19. The molecule has 0 saturated carbocycles. The summed E-state index contributed by atoms with van der Waals surface area (Å²) in [5.74, 6) is 1.24. The van der Waals surface area contributed by atoms with E-state index in [-0.39, 0.29) is 5.91 Å². The summed E-state index contributed by atoms with van der Waals surface area (Å²) >= 11 is 1.49. The molecule has 1 unspecified atom stereocenters. The molecule has 1 heterocycles.